The maximum absolute atomic E-state index is 13.0. The highest BCUT2D eigenvalue weighted by atomic mass is 35.5. The van der Waals surface area contributed by atoms with E-state index in [1.807, 2.05) is 30.3 Å². The van der Waals surface area contributed by atoms with Crippen LogP contribution in [0.25, 0.3) is 0 Å². The van der Waals surface area contributed by atoms with Crippen molar-refractivity contribution in [2.75, 3.05) is 26.3 Å². The highest BCUT2D eigenvalue weighted by molar-refractivity contribution is 6.30. The summed E-state index contributed by atoms with van der Waals surface area (Å²) in [4.78, 5) is 14.5. The van der Waals surface area contributed by atoms with Crippen LogP contribution in [0, 0.1) is 5.92 Å². The summed E-state index contributed by atoms with van der Waals surface area (Å²) in [5, 5.41) is 3.85. The highest BCUT2D eigenvalue weighted by Gasteiger charge is 2.24. The van der Waals surface area contributed by atoms with E-state index in [1.54, 1.807) is 0 Å². The molecule has 0 saturated carbocycles. The number of benzene rings is 2. The first-order chi connectivity index (χ1) is 13.5. The summed E-state index contributed by atoms with van der Waals surface area (Å²) < 4.78 is 5.46. The zero-order valence-electron chi connectivity index (χ0n) is 16.7. The van der Waals surface area contributed by atoms with Gasteiger partial charge in [0.25, 0.3) is 0 Å². The van der Waals surface area contributed by atoms with Crippen molar-refractivity contribution in [2.45, 2.75) is 32.9 Å². The SMILES string of the molecule is CC(C)[C@@H](C(=O)NCc1ccccc1C[NH+]1CCOCC1)c1ccc(Cl)cc1. The van der Waals surface area contributed by atoms with Gasteiger partial charge in [0.1, 0.15) is 19.6 Å². The van der Waals surface area contributed by atoms with Crippen molar-refractivity contribution >= 4 is 17.5 Å². The monoisotopic (exact) mass is 401 g/mol. The molecule has 2 aromatic carbocycles. The van der Waals surface area contributed by atoms with E-state index in [9.17, 15) is 4.79 Å². The van der Waals surface area contributed by atoms with Crippen molar-refractivity contribution in [1.29, 1.82) is 0 Å². The molecule has 150 valence electrons. The van der Waals surface area contributed by atoms with Crippen molar-refractivity contribution in [1.82, 2.24) is 5.32 Å². The number of carbonyl (C=O) groups is 1. The lowest BCUT2D eigenvalue weighted by atomic mass is 9.87. The van der Waals surface area contributed by atoms with E-state index in [0.717, 1.165) is 38.4 Å². The third-order valence-electron chi connectivity index (χ3n) is 5.39. The minimum Gasteiger partial charge on any atom is -0.370 e. The van der Waals surface area contributed by atoms with E-state index < -0.39 is 0 Å². The molecule has 1 fully saturated rings. The van der Waals surface area contributed by atoms with Gasteiger partial charge in [-0.3, -0.25) is 4.79 Å². The first-order valence-electron chi connectivity index (χ1n) is 10.1. The fourth-order valence-electron chi connectivity index (χ4n) is 3.81. The summed E-state index contributed by atoms with van der Waals surface area (Å²) in [6.45, 7) is 9.40. The Morgan fingerprint density at radius 2 is 1.71 bits per heavy atom. The van der Waals surface area contributed by atoms with Crippen molar-refractivity contribution in [3.05, 3.63) is 70.2 Å². The maximum atomic E-state index is 13.0. The lowest BCUT2D eigenvalue weighted by molar-refractivity contribution is -0.921. The number of rotatable bonds is 7. The van der Waals surface area contributed by atoms with Gasteiger partial charge in [0.15, 0.2) is 0 Å². The van der Waals surface area contributed by atoms with Gasteiger partial charge in [-0.25, -0.2) is 0 Å². The zero-order valence-corrected chi connectivity index (χ0v) is 17.5. The molecule has 0 bridgehead atoms. The third-order valence-corrected chi connectivity index (χ3v) is 5.64. The molecular weight excluding hydrogens is 372 g/mol. The average Bonchev–Trinajstić information content (AvgIpc) is 2.69. The van der Waals surface area contributed by atoms with Gasteiger partial charge in [0, 0.05) is 17.1 Å². The molecule has 0 unspecified atom stereocenters. The number of morpholine rings is 1. The normalized spacial score (nSPS) is 16.1. The van der Waals surface area contributed by atoms with Gasteiger partial charge in [-0.1, -0.05) is 61.8 Å². The van der Waals surface area contributed by atoms with E-state index in [1.165, 1.54) is 16.0 Å². The van der Waals surface area contributed by atoms with Gasteiger partial charge in [-0.05, 0) is 29.2 Å². The number of halogens is 1. The van der Waals surface area contributed by atoms with Crippen LogP contribution in [-0.2, 0) is 22.6 Å². The molecule has 0 spiro atoms. The smallest absolute Gasteiger partial charge is 0.228 e. The molecule has 1 heterocycles. The summed E-state index contributed by atoms with van der Waals surface area (Å²) in [5.41, 5.74) is 3.49. The first kappa shape index (κ1) is 20.8. The quantitative estimate of drug-likeness (QED) is 0.749. The number of amides is 1. The molecule has 2 aromatic rings. The van der Waals surface area contributed by atoms with Gasteiger partial charge >= 0.3 is 0 Å². The van der Waals surface area contributed by atoms with Crippen molar-refractivity contribution in [3.8, 4) is 0 Å². The summed E-state index contributed by atoms with van der Waals surface area (Å²) in [6.07, 6.45) is 0. The Morgan fingerprint density at radius 3 is 2.36 bits per heavy atom. The highest BCUT2D eigenvalue weighted by Crippen LogP contribution is 2.26. The molecule has 1 aliphatic heterocycles. The Hall–Kier alpha value is -1.88. The van der Waals surface area contributed by atoms with Crippen LogP contribution >= 0.6 is 11.6 Å². The Bertz CT molecular complexity index is 770. The van der Waals surface area contributed by atoms with E-state index in [0.29, 0.717) is 11.6 Å². The minimum atomic E-state index is -0.186. The fraction of sp³-hybridized carbons (Fsp3) is 0.435. The lowest BCUT2D eigenvalue weighted by Gasteiger charge is -2.25. The van der Waals surface area contributed by atoms with Gasteiger partial charge in [0.2, 0.25) is 5.91 Å². The van der Waals surface area contributed by atoms with Gasteiger partial charge < -0.3 is 15.0 Å². The second-order valence-electron chi connectivity index (χ2n) is 7.80. The predicted octanol–water partition coefficient (Wildman–Crippen LogP) is 2.81. The van der Waals surface area contributed by atoms with Crippen LogP contribution in [0.5, 0.6) is 0 Å². The number of hydrogen-bond acceptors (Lipinski definition) is 2. The largest absolute Gasteiger partial charge is 0.370 e. The standard InChI is InChI=1S/C23H29ClN2O2/c1-17(2)22(18-7-9-21(24)10-8-18)23(27)25-15-19-5-3-4-6-20(19)16-26-11-13-28-14-12-26/h3-10,17,22H,11-16H2,1-2H3,(H,25,27)/p+1/t22-/m1/s1. The molecule has 2 N–H and O–H groups in total. The maximum Gasteiger partial charge on any atom is 0.228 e. The zero-order chi connectivity index (χ0) is 19.9. The Morgan fingerprint density at radius 1 is 1.07 bits per heavy atom. The van der Waals surface area contributed by atoms with Crippen LogP contribution in [0.3, 0.4) is 0 Å². The number of nitrogens with one attached hydrogen (secondary N) is 2. The third kappa shape index (κ3) is 5.57. The average molecular weight is 402 g/mol. The molecule has 1 amide bonds. The van der Waals surface area contributed by atoms with Gasteiger partial charge in [-0.2, -0.15) is 0 Å². The molecule has 0 aromatic heterocycles. The number of ether oxygens (including phenoxy) is 1. The second kappa shape index (κ2) is 10.1. The van der Waals surface area contributed by atoms with Crippen LogP contribution in [0.1, 0.15) is 36.5 Å². The molecular formula is C23H30ClN2O2+. The van der Waals surface area contributed by atoms with Crippen LogP contribution < -0.4 is 10.2 Å². The molecule has 3 rings (SSSR count). The first-order valence-corrected chi connectivity index (χ1v) is 10.4. The fourth-order valence-corrected chi connectivity index (χ4v) is 3.94. The van der Waals surface area contributed by atoms with E-state index in [2.05, 4.69) is 37.4 Å². The van der Waals surface area contributed by atoms with Crippen LogP contribution in [0.15, 0.2) is 48.5 Å². The number of carbonyl (C=O) groups excluding carboxylic acids is 1. The van der Waals surface area contributed by atoms with E-state index in [-0.39, 0.29) is 17.7 Å². The lowest BCUT2D eigenvalue weighted by Crippen LogP contribution is -3.12. The van der Waals surface area contributed by atoms with E-state index >= 15 is 0 Å². The van der Waals surface area contributed by atoms with Gasteiger partial charge in [-0.15, -0.1) is 0 Å². The van der Waals surface area contributed by atoms with Crippen molar-refractivity contribution in [3.63, 3.8) is 0 Å². The molecule has 1 atom stereocenters. The van der Waals surface area contributed by atoms with Crippen LogP contribution in [0.2, 0.25) is 5.02 Å². The molecule has 1 saturated heterocycles. The Kier molecular flexibility index (Phi) is 7.49. The molecule has 0 aliphatic carbocycles. The van der Waals surface area contributed by atoms with Crippen LogP contribution in [-0.4, -0.2) is 32.2 Å². The number of hydrogen-bond donors (Lipinski definition) is 2. The van der Waals surface area contributed by atoms with E-state index in [4.69, 9.17) is 16.3 Å². The molecule has 5 heteroatoms. The summed E-state index contributed by atoms with van der Waals surface area (Å²) in [7, 11) is 0. The van der Waals surface area contributed by atoms with Gasteiger partial charge in [0.05, 0.1) is 19.1 Å². The molecule has 1 aliphatic rings. The summed E-state index contributed by atoms with van der Waals surface area (Å²) in [5.74, 6) is 0.0781. The topological polar surface area (TPSA) is 42.8 Å². The van der Waals surface area contributed by atoms with Crippen molar-refractivity contribution < 1.29 is 14.4 Å². The molecule has 4 nitrogen and oxygen atoms in total. The number of quaternary nitrogens is 1. The Balaban J connectivity index is 1.66. The van der Waals surface area contributed by atoms with Crippen LogP contribution in [0.4, 0.5) is 0 Å². The minimum absolute atomic E-state index is 0.0610. The Labute approximate surface area is 172 Å². The summed E-state index contributed by atoms with van der Waals surface area (Å²) in [6, 6.07) is 16.0. The second-order valence-corrected chi connectivity index (χ2v) is 8.24. The predicted molar refractivity (Wildman–Crippen MR) is 113 cm³/mol. The molecule has 0 radical (unpaired) electrons. The van der Waals surface area contributed by atoms with Crippen molar-refractivity contribution in [2.24, 2.45) is 5.92 Å². The molecule has 28 heavy (non-hydrogen) atoms. The summed E-state index contributed by atoms with van der Waals surface area (Å²) >= 11 is 6.00.